The van der Waals surface area contributed by atoms with Crippen LogP contribution in [0.1, 0.15) is 20.3 Å². The van der Waals surface area contributed by atoms with Crippen LogP contribution in [0.5, 0.6) is 0 Å². The van der Waals surface area contributed by atoms with Crippen LogP contribution < -0.4 is 10.5 Å². The zero-order valence-electron chi connectivity index (χ0n) is 9.64. The molecule has 0 aromatic heterocycles. The van der Waals surface area contributed by atoms with E-state index in [4.69, 9.17) is 5.14 Å². The van der Waals surface area contributed by atoms with Crippen molar-refractivity contribution in [3.63, 3.8) is 0 Å². The molecule has 0 saturated carbocycles. The molecule has 1 saturated heterocycles. The Morgan fingerprint density at radius 2 is 2.19 bits per heavy atom. The van der Waals surface area contributed by atoms with Crippen molar-refractivity contribution in [1.29, 1.82) is 0 Å². The molecule has 1 atom stereocenters. The third kappa shape index (κ3) is 3.73. The molecule has 1 aliphatic heterocycles. The van der Waals surface area contributed by atoms with Crippen molar-refractivity contribution in [2.45, 2.75) is 31.6 Å². The molecule has 1 unspecified atom stereocenters. The van der Waals surface area contributed by atoms with Gasteiger partial charge in [0.15, 0.2) is 0 Å². The Bertz CT molecular complexity index is 353. The van der Waals surface area contributed by atoms with Crippen molar-refractivity contribution in [3.05, 3.63) is 0 Å². The number of sulfonamides is 1. The van der Waals surface area contributed by atoms with Crippen LogP contribution in [0.4, 0.5) is 0 Å². The Balaban J connectivity index is 2.43. The number of carbonyl (C=O) groups is 1. The van der Waals surface area contributed by atoms with Gasteiger partial charge in [0.05, 0.1) is 0 Å². The first kappa shape index (κ1) is 13.4. The van der Waals surface area contributed by atoms with E-state index in [1.54, 1.807) is 4.90 Å². The summed E-state index contributed by atoms with van der Waals surface area (Å²) in [5.41, 5.74) is 0. The molecule has 0 aliphatic carbocycles. The van der Waals surface area contributed by atoms with E-state index in [1.165, 1.54) is 0 Å². The number of hydrogen-bond donors (Lipinski definition) is 2. The van der Waals surface area contributed by atoms with Crippen LogP contribution in [-0.2, 0) is 14.8 Å². The maximum absolute atomic E-state index is 11.5. The van der Waals surface area contributed by atoms with Crippen molar-refractivity contribution in [2.24, 2.45) is 5.14 Å². The lowest BCUT2D eigenvalue weighted by Crippen LogP contribution is -2.37. The Morgan fingerprint density at radius 3 is 2.62 bits per heavy atom. The molecule has 7 heteroatoms. The average Bonchev–Trinajstić information content (AvgIpc) is 2.46. The van der Waals surface area contributed by atoms with Gasteiger partial charge in [-0.3, -0.25) is 4.79 Å². The Labute approximate surface area is 96.2 Å². The molecule has 0 bridgehead atoms. The summed E-state index contributed by atoms with van der Waals surface area (Å²) < 4.78 is 22.2. The molecule has 1 amide bonds. The van der Waals surface area contributed by atoms with E-state index >= 15 is 0 Å². The number of nitrogens with two attached hydrogens (primary N) is 1. The summed E-state index contributed by atoms with van der Waals surface area (Å²) in [6.45, 7) is 5.44. The van der Waals surface area contributed by atoms with Crippen molar-refractivity contribution in [3.8, 4) is 0 Å². The van der Waals surface area contributed by atoms with E-state index in [-0.39, 0.29) is 18.9 Å². The molecule has 1 aliphatic rings. The summed E-state index contributed by atoms with van der Waals surface area (Å²) in [5, 5.41) is 7.45. The van der Waals surface area contributed by atoms with Crippen LogP contribution in [0.15, 0.2) is 0 Å². The molecule has 16 heavy (non-hydrogen) atoms. The lowest BCUT2D eigenvalue weighted by Gasteiger charge is -2.17. The highest BCUT2D eigenvalue weighted by atomic mass is 32.2. The van der Waals surface area contributed by atoms with Crippen molar-refractivity contribution in [2.75, 3.05) is 19.6 Å². The summed E-state index contributed by atoms with van der Waals surface area (Å²) in [6, 6.07) is 0.353. The quantitative estimate of drug-likeness (QED) is 0.645. The summed E-state index contributed by atoms with van der Waals surface area (Å²) in [4.78, 5) is 13.0. The summed E-state index contributed by atoms with van der Waals surface area (Å²) in [7, 11) is -3.59. The molecular weight excluding hydrogens is 230 g/mol. The van der Waals surface area contributed by atoms with Gasteiger partial charge in [0.25, 0.3) is 0 Å². The van der Waals surface area contributed by atoms with Gasteiger partial charge in [-0.25, -0.2) is 13.6 Å². The molecule has 0 spiro atoms. The fourth-order valence-corrected chi connectivity index (χ4v) is 2.42. The number of rotatable bonds is 5. The minimum Gasteiger partial charge on any atom is -0.340 e. The van der Waals surface area contributed by atoms with E-state index in [2.05, 4.69) is 5.32 Å². The molecule has 1 fully saturated rings. The Hall–Kier alpha value is -0.660. The fourth-order valence-electron chi connectivity index (χ4n) is 1.66. The highest BCUT2D eigenvalue weighted by molar-refractivity contribution is 7.89. The van der Waals surface area contributed by atoms with Crippen LogP contribution in [0.25, 0.3) is 0 Å². The lowest BCUT2D eigenvalue weighted by molar-refractivity contribution is -0.127. The van der Waals surface area contributed by atoms with Crippen LogP contribution in [0, 0.1) is 0 Å². The van der Waals surface area contributed by atoms with E-state index in [0.29, 0.717) is 19.1 Å². The third-order valence-electron chi connectivity index (χ3n) is 2.58. The van der Waals surface area contributed by atoms with Gasteiger partial charge >= 0.3 is 0 Å². The average molecular weight is 249 g/mol. The van der Waals surface area contributed by atoms with Gasteiger partial charge < -0.3 is 10.2 Å². The minimum atomic E-state index is -3.59. The SMILES string of the molecule is CC(C)NCCN1CC(S(N)(=O)=O)CC1=O. The maximum Gasteiger partial charge on any atom is 0.224 e. The van der Waals surface area contributed by atoms with Gasteiger partial charge in [0.1, 0.15) is 5.25 Å². The monoisotopic (exact) mass is 249 g/mol. The fraction of sp³-hybridized carbons (Fsp3) is 0.889. The van der Waals surface area contributed by atoms with Gasteiger partial charge in [-0.05, 0) is 0 Å². The predicted octanol–water partition coefficient (Wildman–Crippen LogP) is -1.13. The molecule has 0 radical (unpaired) electrons. The van der Waals surface area contributed by atoms with Crippen LogP contribution in [0.3, 0.4) is 0 Å². The van der Waals surface area contributed by atoms with Gasteiger partial charge in [-0.1, -0.05) is 13.8 Å². The van der Waals surface area contributed by atoms with Crippen LogP contribution >= 0.6 is 0 Å². The first-order valence-corrected chi connectivity index (χ1v) is 6.94. The molecule has 1 heterocycles. The van der Waals surface area contributed by atoms with Crippen LogP contribution in [-0.4, -0.2) is 50.2 Å². The van der Waals surface area contributed by atoms with Crippen molar-refractivity contribution < 1.29 is 13.2 Å². The molecule has 3 N–H and O–H groups in total. The zero-order chi connectivity index (χ0) is 12.3. The predicted molar refractivity (Wildman–Crippen MR) is 61.2 cm³/mol. The maximum atomic E-state index is 11.5. The highest BCUT2D eigenvalue weighted by Crippen LogP contribution is 2.15. The number of primary sulfonamides is 1. The molecule has 6 nitrogen and oxygen atoms in total. The van der Waals surface area contributed by atoms with Crippen molar-refractivity contribution in [1.82, 2.24) is 10.2 Å². The van der Waals surface area contributed by atoms with E-state index in [1.807, 2.05) is 13.8 Å². The molecular formula is C9H19N3O3S. The van der Waals surface area contributed by atoms with Gasteiger partial charge in [0, 0.05) is 32.1 Å². The normalized spacial score (nSPS) is 22.1. The van der Waals surface area contributed by atoms with Gasteiger partial charge in [-0.15, -0.1) is 0 Å². The first-order chi connectivity index (χ1) is 7.30. The molecule has 0 aromatic carbocycles. The number of nitrogens with one attached hydrogen (secondary N) is 1. The van der Waals surface area contributed by atoms with E-state index in [9.17, 15) is 13.2 Å². The second-order valence-electron chi connectivity index (χ2n) is 4.36. The standard InChI is InChI=1S/C9H19N3O3S/c1-7(2)11-3-4-12-6-8(5-9(12)13)16(10,14)15/h7-8,11H,3-6H2,1-2H3,(H2,10,14,15). The molecule has 1 rings (SSSR count). The number of hydrogen-bond acceptors (Lipinski definition) is 4. The summed E-state index contributed by atoms with van der Waals surface area (Å²) in [5.74, 6) is -0.135. The summed E-state index contributed by atoms with van der Waals surface area (Å²) in [6.07, 6.45) is 0.0144. The smallest absolute Gasteiger partial charge is 0.224 e. The van der Waals surface area contributed by atoms with E-state index in [0.717, 1.165) is 0 Å². The van der Waals surface area contributed by atoms with Crippen molar-refractivity contribution >= 4 is 15.9 Å². The second kappa shape index (κ2) is 5.11. The Kier molecular flexibility index (Phi) is 4.28. The number of amides is 1. The summed E-state index contributed by atoms with van der Waals surface area (Å²) >= 11 is 0. The topological polar surface area (TPSA) is 92.5 Å². The van der Waals surface area contributed by atoms with Gasteiger partial charge in [0.2, 0.25) is 15.9 Å². The third-order valence-corrected chi connectivity index (χ3v) is 3.82. The zero-order valence-corrected chi connectivity index (χ0v) is 10.5. The lowest BCUT2D eigenvalue weighted by atomic mass is 10.4. The minimum absolute atomic E-state index is 0.0144. The number of nitrogens with zero attached hydrogens (tertiary/aromatic N) is 1. The number of carbonyl (C=O) groups excluding carboxylic acids is 1. The highest BCUT2D eigenvalue weighted by Gasteiger charge is 2.35. The van der Waals surface area contributed by atoms with E-state index < -0.39 is 15.3 Å². The Morgan fingerprint density at radius 1 is 1.56 bits per heavy atom. The molecule has 0 aromatic rings. The van der Waals surface area contributed by atoms with Crippen LogP contribution in [0.2, 0.25) is 0 Å². The largest absolute Gasteiger partial charge is 0.340 e. The van der Waals surface area contributed by atoms with Gasteiger partial charge in [-0.2, -0.15) is 0 Å². The number of likely N-dealkylation sites (tertiary alicyclic amines) is 1. The molecule has 94 valence electrons. The second-order valence-corrected chi connectivity index (χ2v) is 6.21. The first-order valence-electron chi connectivity index (χ1n) is 5.33.